The minimum absolute atomic E-state index is 0.0310. The molecular weight excluding hydrogens is 300 g/mol. The summed E-state index contributed by atoms with van der Waals surface area (Å²) in [7, 11) is -3.68. The van der Waals surface area contributed by atoms with Crippen LogP contribution in [0.5, 0.6) is 0 Å². The number of fused-ring (bicyclic) bond motifs is 1. The van der Waals surface area contributed by atoms with Crippen LogP contribution in [0.25, 0.3) is 10.8 Å². The van der Waals surface area contributed by atoms with Gasteiger partial charge in [0.1, 0.15) is 5.25 Å². The summed E-state index contributed by atoms with van der Waals surface area (Å²) in [5.74, 6) is -0.167. The topological polar surface area (TPSA) is 80.5 Å². The zero-order valence-corrected chi connectivity index (χ0v) is 13.1. The molecule has 3 rings (SSSR count). The van der Waals surface area contributed by atoms with E-state index in [2.05, 4.69) is 0 Å². The lowest BCUT2D eigenvalue weighted by molar-refractivity contribution is -0.129. The predicted octanol–water partition coefficient (Wildman–Crippen LogP) is 1.79. The van der Waals surface area contributed by atoms with Crippen LogP contribution in [0.15, 0.2) is 42.5 Å². The number of sulfonamides is 1. The molecule has 2 N–H and O–H groups in total. The van der Waals surface area contributed by atoms with Crippen LogP contribution >= 0.6 is 0 Å². The van der Waals surface area contributed by atoms with E-state index in [1.54, 1.807) is 4.90 Å². The van der Waals surface area contributed by atoms with Gasteiger partial charge in [-0.3, -0.25) is 4.79 Å². The van der Waals surface area contributed by atoms with E-state index >= 15 is 0 Å². The van der Waals surface area contributed by atoms with Crippen molar-refractivity contribution in [3.8, 4) is 0 Å². The summed E-state index contributed by atoms with van der Waals surface area (Å²) in [5, 5.41) is 6.60. The van der Waals surface area contributed by atoms with Crippen LogP contribution in [0.1, 0.15) is 24.9 Å². The Labute approximate surface area is 129 Å². The van der Waals surface area contributed by atoms with E-state index in [4.69, 9.17) is 5.14 Å². The summed E-state index contributed by atoms with van der Waals surface area (Å²) in [5.41, 5.74) is 0.988. The molecule has 0 saturated carbocycles. The number of amides is 1. The van der Waals surface area contributed by atoms with Crippen molar-refractivity contribution in [2.24, 2.45) is 5.14 Å². The van der Waals surface area contributed by atoms with Crippen LogP contribution in [-0.4, -0.2) is 31.0 Å². The second kappa shape index (κ2) is 5.37. The highest BCUT2D eigenvalue weighted by Crippen LogP contribution is 2.29. The van der Waals surface area contributed by atoms with E-state index in [1.807, 2.05) is 49.4 Å². The zero-order chi connectivity index (χ0) is 15.9. The van der Waals surface area contributed by atoms with E-state index in [1.165, 1.54) is 0 Å². The number of rotatable bonds is 3. The number of hydrogen-bond donors (Lipinski definition) is 1. The summed E-state index contributed by atoms with van der Waals surface area (Å²) in [4.78, 5) is 13.7. The molecule has 1 heterocycles. The maximum atomic E-state index is 12.1. The Morgan fingerprint density at radius 2 is 1.86 bits per heavy atom. The molecule has 2 aromatic rings. The number of carbonyl (C=O) groups excluding carboxylic acids is 1. The van der Waals surface area contributed by atoms with Crippen molar-refractivity contribution < 1.29 is 13.2 Å². The zero-order valence-electron chi connectivity index (χ0n) is 12.3. The summed E-state index contributed by atoms with van der Waals surface area (Å²) in [6.45, 7) is 2.07. The Hall–Kier alpha value is -1.92. The summed E-state index contributed by atoms with van der Waals surface area (Å²) < 4.78 is 22.9. The first kappa shape index (κ1) is 15.0. The number of hydrogen-bond acceptors (Lipinski definition) is 3. The molecule has 22 heavy (non-hydrogen) atoms. The molecule has 1 saturated heterocycles. The van der Waals surface area contributed by atoms with Crippen molar-refractivity contribution >= 4 is 26.7 Å². The lowest BCUT2D eigenvalue weighted by Crippen LogP contribution is -2.33. The highest BCUT2D eigenvalue weighted by molar-refractivity contribution is 7.89. The van der Waals surface area contributed by atoms with Crippen LogP contribution in [0.4, 0.5) is 0 Å². The van der Waals surface area contributed by atoms with Gasteiger partial charge in [-0.15, -0.1) is 0 Å². The number of nitrogens with two attached hydrogens (primary N) is 1. The number of nitrogens with zero attached hydrogens (tertiary/aromatic N) is 1. The minimum atomic E-state index is -3.68. The normalized spacial score (nSPS) is 20.5. The van der Waals surface area contributed by atoms with E-state index in [0.29, 0.717) is 0 Å². The van der Waals surface area contributed by atoms with Crippen LogP contribution in [0.3, 0.4) is 0 Å². The first-order chi connectivity index (χ1) is 10.4. The van der Waals surface area contributed by atoms with Crippen LogP contribution in [-0.2, 0) is 14.8 Å². The molecule has 0 aromatic heterocycles. The lowest BCUT2D eigenvalue weighted by Gasteiger charge is -2.25. The van der Waals surface area contributed by atoms with Gasteiger partial charge in [0.2, 0.25) is 15.9 Å². The fourth-order valence-electron chi connectivity index (χ4n) is 2.94. The fourth-order valence-corrected chi connectivity index (χ4v) is 3.68. The first-order valence-electron chi connectivity index (χ1n) is 7.16. The van der Waals surface area contributed by atoms with Gasteiger partial charge in [0.25, 0.3) is 0 Å². The fraction of sp³-hybridized carbons (Fsp3) is 0.312. The van der Waals surface area contributed by atoms with Crippen LogP contribution in [0.2, 0.25) is 0 Å². The molecule has 2 aromatic carbocycles. The molecule has 0 radical (unpaired) electrons. The summed E-state index contributed by atoms with van der Waals surface area (Å²) in [6, 6.07) is 13.8. The third-order valence-corrected chi connectivity index (χ3v) is 5.56. The number of likely N-dealkylation sites (tertiary alicyclic amines) is 1. The predicted molar refractivity (Wildman–Crippen MR) is 85.6 cm³/mol. The van der Waals surface area contributed by atoms with Crippen molar-refractivity contribution in [2.75, 3.05) is 6.54 Å². The Morgan fingerprint density at radius 3 is 2.50 bits per heavy atom. The van der Waals surface area contributed by atoms with Gasteiger partial charge in [0.15, 0.2) is 0 Å². The molecule has 1 aliphatic heterocycles. The smallest absolute Gasteiger partial charge is 0.224 e. The average Bonchev–Trinajstić information content (AvgIpc) is 2.88. The number of primary sulfonamides is 1. The van der Waals surface area contributed by atoms with Crippen molar-refractivity contribution in [3.05, 3.63) is 48.0 Å². The van der Waals surface area contributed by atoms with Crippen molar-refractivity contribution in [1.82, 2.24) is 4.90 Å². The van der Waals surface area contributed by atoms with Crippen molar-refractivity contribution in [3.63, 3.8) is 0 Å². The Balaban J connectivity index is 1.89. The Kier molecular flexibility index (Phi) is 3.66. The van der Waals surface area contributed by atoms with Gasteiger partial charge in [-0.2, -0.15) is 0 Å². The highest BCUT2D eigenvalue weighted by Gasteiger charge is 2.38. The minimum Gasteiger partial charge on any atom is -0.335 e. The maximum absolute atomic E-state index is 12.1. The van der Waals surface area contributed by atoms with Gasteiger partial charge in [0, 0.05) is 13.0 Å². The first-order valence-corrected chi connectivity index (χ1v) is 8.77. The molecule has 1 aliphatic rings. The molecule has 1 amide bonds. The van der Waals surface area contributed by atoms with Gasteiger partial charge in [0.05, 0.1) is 6.04 Å². The molecule has 2 atom stereocenters. The lowest BCUT2D eigenvalue weighted by atomic mass is 10.0. The quantitative estimate of drug-likeness (QED) is 0.937. The van der Waals surface area contributed by atoms with Gasteiger partial charge in [-0.05, 0) is 29.3 Å². The monoisotopic (exact) mass is 318 g/mol. The van der Waals surface area contributed by atoms with E-state index in [0.717, 1.165) is 16.3 Å². The molecule has 116 valence electrons. The largest absolute Gasteiger partial charge is 0.335 e. The molecule has 6 heteroatoms. The van der Waals surface area contributed by atoms with Gasteiger partial charge < -0.3 is 4.90 Å². The van der Waals surface area contributed by atoms with Crippen molar-refractivity contribution in [1.29, 1.82) is 0 Å². The molecule has 0 aliphatic carbocycles. The van der Waals surface area contributed by atoms with Gasteiger partial charge in [-0.1, -0.05) is 36.4 Å². The number of benzene rings is 2. The van der Waals surface area contributed by atoms with Crippen LogP contribution in [0, 0.1) is 0 Å². The Morgan fingerprint density at radius 1 is 1.18 bits per heavy atom. The van der Waals surface area contributed by atoms with Gasteiger partial charge >= 0.3 is 0 Å². The Bertz CT molecular complexity index is 832. The standard InChI is InChI=1S/C16H18N2O3S/c1-11(18-10-15(9-16(18)19)22(17,20)21)13-7-6-12-4-2-3-5-14(12)8-13/h2-8,11,15H,9-10H2,1H3,(H2,17,20,21). The SMILES string of the molecule is CC(c1ccc2ccccc2c1)N1CC(S(N)(=O)=O)CC1=O. The molecule has 0 spiro atoms. The van der Waals surface area contributed by atoms with E-state index in [9.17, 15) is 13.2 Å². The van der Waals surface area contributed by atoms with Crippen molar-refractivity contribution in [2.45, 2.75) is 24.6 Å². The van der Waals surface area contributed by atoms with Gasteiger partial charge in [-0.25, -0.2) is 13.6 Å². The molecule has 1 fully saturated rings. The molecular formula is C16H18N2O3S. The van der Waals surface area contributed by atoms with Crippen LogP contribution < -0.4 is 5.14 Å². The third kappa shape index (κ3) is 2.71. The maximum Gasteiger partial charge on any atom is 0.224 e. The molecule has 0 bridgehead atoms. The average molecular weight is 318 g/mol. The third-order valence-electron chi connectivity index (χ3n) is 4.31. The highest BCUT2D eigenvalue weighted by atomic mass is 32.2. The second-order valence-corrected chi connectivity index (χ2v) is 7.59. The summed E-state index contributed by atoms with van der Waals surface area (Å²) >= 11 is 0. The second-order valence-electron chi connectivity index (χ2n) is 5.74. The number of carbonyl (C=O) groups is 1. The van der Waals surface area contributed by atoms with E-state index in [-0.39, 0.29) is 24.9 Å². The molecule has 2 unspecified atom stereocenters. The molecule has 5 nitrogen and oxygen atoms in total. The van der Waals surface area contributed by atoms with E-state index < -0.39 is 15.3 Å². The summed E-state index contributed by atoms with van der Waals surface area (Å²) in [6.07, 6.45) is -0.0310.